The summed E-state index contributed by atoms with van der Waals surface area (Å²) in [4.78, 5) is 34.1. The Labute approximate surface area is 153 Å². The lowest BCUT2D eigenvalue weighted by molar-refractivity contribution is -0.384. The van der Waals surface area contributed by atoms with E-state index in [9.17, 15) is 19.7 Å². The molecule has 2 rings (SSSR count). The molecule has 8 nitrogen and oxygen atoms in total. The Morgan fingerprint density at radius 2 is 1.96 bits per heavy atom. The minimum Gasteiger partial charge on any atom is -0.496 e. The highest BCUT2D eigenvalue weighted by molar-refractivity contribution is 6.31. The number of nitrogens with zero attached hydrogens (tertiary/aromatic N) is 1. The number of benzene rings is 2. The molecule has 0 saturated carbocycles. The number of methoxy groups -OCH3 is 1. The lowest BCUT2D eigenvalue weighted by Crippen LogP contribution is -2.28. The zero-order valence-corrected chi connectivity index (χ0v) is 14.5. The van der Waals surface area contributed by atoms with Gasteiger partial charge in [0, 0.05) is 23.7 Å². The number of nitro groups is 1. The van der Waals surface area contributed by atoms with E-state index in [1.165, 1.54) is 19.2 Å². The third-order valence-corrected chi connectivity index (χ3v) is 3.75. The molecule has 0 aliphatic carbocycles. The molecule has 0 saturated heterocycles. The molecule has 0 atom stereocenters. The molecule has 1 amide bonds. The number of halogens is 1. The molecule has 0 bridgehead atoms. The van der Waals surface area contributed by atoms with Crippen molar-refractivity contribution in [1.29, 1.82) is 0 Å². The van der Waals surface area contributed by atoms with Crippen LogP contribution in [0, 0.1) is 10.1 Å². The fraction of sp³-hybridized carbons (Fsp3) is 0.176. The molecular weight excluding hydrogens is 364 g/mol. The summed E-state index contributed by atoms with van der Waals surface area (Å²) in [5.74, 6) is -1.34. The van der Waals surface area contributed by atoms with Crippen LogP contribution in [-0.2, 0) is 16.1 Å². The number of carbonyl (C=O) groups excluding carboxylic acids is 2. The predicted molar refractivity (Wildman–Crippen MR) is 93.2 cm³/mol. The maximum absolute atomic E-state index is 12.1. The number of ether oxygens (including phenoxy) is 2. The van der Waals surface area contributed by atoms with Crippen LogP contribution in [0.3, 0.4) is 0 Å². The van der Waals surface area contributed by atoms with Gasteiger partial charge in [-0.15, -0.1) is 0 Å². The summed E-state index contributed by atoms with van der Waals surface area (Å²) in [5.41, 5.74) is 0.288. The topological polar surface area (TPSA) is 108 Å². The number of hydrogen-bond donors (Lipinski definition) is 1. The van der Waals surface area contributed by atoms with Crippen molar-refractivity contribution in [1.82, 2.24) is 5.32 Å². The summed E-state index contributed by atoms with van der Waals surface area (Å²) in [6, 6.07) is 10.5. The summed E-state index contributed by atoms with van der Waals surface area (Å²) >= 11 is 5.98. The van der Waals surface area contributed by atoms with Crippen molar-refractivity contribution in [3.05, 3.63) is 68.7 Å². The van der Waals surface area contributed by atoms with E-state index >= 15 is 0 Å². The molecular formula is C17H15ClN2O6. The molecule has 2 aromatic rings. The summed E-state index contributed by atoms with van der Waals surface area (Å²) < 4.78 is 9.89. The van der Waals surface area contributed by atoms with Crippen molar-refractivity contribution in [3.63, 3.8) is 0 Å². The van der Waals surface area contributed by atoms with E-state index in [1.54, 1.807) is 24.3 Å². The fourth-order valence-corrected chi connectivity index (χ4v) is 2.27. The Kier molecular flexibility index (Phi) is 6.51. The number of nitro benzene ring substituents is 1. The van der Waals surface area contributed by atoms with Crippen molar-refractivity contribution in [2.75, 3.05) is 13.7 Å². The van der Waals surface area contributed by atoms with Gasteiger partial charge in [-0.25, -0.2) is 4.79 Å². The first kappa shape index (κ1) is 19.2. The minimum atomic E-state index is -0.904. The van der Waals surface area contributed by atoms with Crippen LogP contribution < -0.4 is 10.1 Å². The van der Waals surface area contributed by atoms with E-state index in [0.29, 0.717) is 10.6 Å². The van der Waals surface area contributed by atoms with Gasteiger partial charge in [0.15, 0.2) is 6.61 Å². The molecule has 136 valence electrons. The molecule has 26 heavy (non-hydrogen) atoms. The molecule has 0 aliphatic rings. The quantitative estimate of drug-likeness (QED) is 0.451. The summed E-state index contributed by atoms with van der Waals surface area (Å²) in [6.45, 7) is -0.370. The minimum absolute atomic E-state index is 0.108. The molecule has 0 radical (unpaired) electrons. The Morgan fingerprint density at radius 1 is 1.23 bits per heavy atom. The lowest BCUT2D eigenvalue weighted by Gasteiger charge is -2.09. The van der Waals surface area contributed by atoms with Crippen LogP contribution in [0.1, 0.15) is 15.9 Å². The smallest absolute Gasteiger partial charge is 0.342 e. The van der Waals surface area contributed by atoms with E-state index in [1.807, 2.05) is 0 Å². The number of hydrogen-bond acceptors (Lipinski definition) is 6. The molecule has 1 N–H and O–H groups in total. The number of esters is 1. The standard InChI is InChI=1S/C17H15ClN2O6/c1-25-15-7-6-12(20(23)24)8-13(15)17(22)26-10-16(21)19-9-11-4-2-3-5-14(11)18/h2-8H,9-10H2,1H3,(H,19,21). The van der Waals surface area contributed by atoms with Crippen molar-refractivity contribution in [2.45, 2.75) is 6.54 Å². The first-order chi connectivity index (χ1) is 12.4. The van der Waals surface area contributed by atoms with Crippen molar-refractivity contribution < 1.29 is 24.0 Å². The number of nitrogens with one attached hydrogen (secondary N) is 1. The van der Waals surface area contributed by atoms with E-state index in [0.717, 1.165) is 6.07 Å². The molecule has 0 fully saturated rings. The van der Waals surface area contributed by atoms with E-state index < -0.39 is 23.4 Å². The lowest BCUT2D eigenvalue weighted by atomic mass is 10.2. The van der Waals surface area contributed by atoms with Crippen molar-refractivity contribution >= 4 is 29.2 Å². The molecule has 9 heteroatoms. The van der Waals surface area contributed by atoms with Crippen LogP contribution in [0.5, 0.6) is 5.75 Å². The molecule has 0 spiro atoms. The Morgan fingerprint density at radius 3 is 2.62 bits per heavy atom. The van der Waals surface area contributed by atoms with E-state index in [2.05, 4.69) is 5.32 Å². The second-order valence-electron chi connectivity index (χ2n) is 5.09. The highest BCUT2D eigenvalue weighted by Crippen LogP contribution is 2.24. The Balaban J connectivity index is 1.95. The van der Waals surface area contributed by atoms with Gasteiger partial charge in [-0.3, -0.25) is 14.9 Å². The third-order valence-electron chi connectivity index (χ3n) is 3.38. The van der Waals surface area contributed by atoms with Crippen molar-refractivity contribution in [3.8, 4) is 5.75 Å². The number of rotatable bonds is 7. The normalized spacial score (nSPS) is 10.1. The van der Waals surface area contributed by atoms with E-state index in [-0.39, 0.29) is 23.5 Å². The second-order valence-corrected chi connectivity index (χ2v) is 5.49. The van der Waals surface area contributed by atoms with Gasteiger partial charge < -0.3 is 14.8 Å². The highest BCUT2D eigenvalue weighted by atomic mass is 35.5. The van der Waals surface area contributed by atoms with Crippen LogP contribution in [0.2, 0.25) is 5.02 Å². The molecule has 0 unspecified atom stereocenters. The zero-order valence-electron chi connectivity index (χ0n) is 13.7. The van der Waals surface area contributed by atoms with Gasteiger partial charge in [-0.1, -0.05) is 29.8 Å². The molecule has 0 aromatic heterocycles. The number of amides is 1. The van der Waals surface area contributed by atoms with Gasteiger partial charge >= 0.3 is 5.97 Å². The largest absolute Gasteiger partial charge is 0.496 e. The average Bonchev–Trinajstić information content (AvgIpc) is 2.64. The van der Waals surface area contributed by atoms with Gasteiger partial charge in [0.05, 0.1) is 12.0 Å². The second kappa shape index (κ2) is 8.82. The van der Waals surface area contributed by atoms with Crippen LogP contribution in [-0.4, -0.2) is 30.5 Å². The van der Waals surface area contributed by atoms with Gasteiger partial charge in [-0.05, 0) is 17.7 Å². The predicted octanol–water partition coefficient (Wildman–Crippen LogP) is 2.73. The van der Waals surface area contributed by atoms with Gasteiger partial charge in [0.25, 0.3) is 11.6 Å². The SMILES string of the molecule is COc1ccc([N+](=O)[O-])cc1C(=O)OCC(=O)NCc1ccccc1Cl. The summed E-state index contributed by atoms with van der Waals surface area (Å²) in [6.07, 6.45) is 0. The van der Waals surface area contributed by atoms with Gasteiger partial charge in [0.1, 0.15) is 11.3 Å². The number of non-ortho nitro benzene ring substituents is 1. The molecule has 0 heterocycles. The van der Waals surface area contributed by atoms with Crippen LogP contribution in [0.4, 0.5) is 5.69 Å². The number of carbonyl (C=O) groups is 2. The van der Waals surface area contributed by atoms with Gasteiger partial charge in [-0.2, -0.15) is 0 Å². The van der Waals surface area contributed by atoms with Gasteiger partial charge in [0.2, 0.25) is 0 Å². The third kappa shape index (κ3) is 4.93. The van der Waals surface area contributed by atoms with Crippen LogP contribution in [0.15, 0.2) is 42.5 Å². The Bertz CT molecular complexity index is 840. The molecule has 0 aliphatic heterocycles. The highest BCUT2D eigenvalue weighted by Gasteiger charge is 2.19. The maximum atomic E-state index is 12.1. The van der Waals surface area contributed by atoms with Crippen LogP contribution >= 0.6 is 11.6 Å². The Hall–Kier alpha value is -3.13. The summed E-state index contributed by atoms with van der Waals surface area (Å²) in [7, 11) is 1.31. The maximum Gasteiger partial charge on any atom is 0.342 e. The molecule has 2 aromatic carbocycles. The monoisotopic (exact) mass is 378 g/mol. The average molecular weight is 379 g/mol. The first-order valence-electron chi connectivity index (χ1n) is 7.42. The van der Waals surface area contributed by atoms with Crippen LogP contribution in [0.25, 0.3) is 0 Å². The van der Waals surface area contributed by atoms with Crippen molar-refractivity contribution in [2.24, 2.45) is 0 Å². The summed E-state index contributed by atoms with van der Waals surface area (Å²) in [5, 5.41) is 13.9. The van der Waals surface area contributed by atoms with E-state index in [4.69, 9.17) is 21.1 Å². The fourth-order valence-electron chi connectivity index (χ4n) is 2.06. The first-order valence-corrected chi connectivity index (χ1v) is 7.80. The zero-order chi connectivity index (χ0) is 19.1.